The summed E-state index contributed by atoms with van der Waals surface area (Å²) in [6.07, 6.45) is 1.74. The molecule has 2 aromatic rings. The lowest BCUT2D eigenvalue weighted by Gasteiger charge is -2.17. The molecule has 0 saturated heterocycles. The van der Waals surface area contributed by atoms with Gasteiger partial charge in [0.1, 0.15) is 11.5 Å². The van der Waals surface area contributed by atoms with Crippen molar-refractivity contribution in [3.8, 4) is 11.5 Å². The fourth-order valence-corrected chi connectivity index (χ4v) is 2.60. The van der Waals surface area contributed by atoms with E-state index in [0.717, 1.165) is 36.0 Å². The molecule has 5 nitrogen and oxygen atoms in total. The number of hydrogen-bond acceptors (Lipinski definition) is 5. The molecule has 0 aliphatic heterocycles. The Balaban J connectivity index is 2.37. The molecular weight excluding hydrogens is 262 g/mol. The molecule has 2 heterocycles. The van der Waals surface area contributed by atoms with Crippen LogP contribution in [0.4, 0.5) is 0 Å². The van der Waals surface area contributed by atoms with E-state index in [1.807, 2.05) is 26.8 Å². The lowest BCUT2D eigenvalue weighted by Crippen LogP contribution is -2.21. The monoisotopic (exact) mass is 285 g/mol. The van der Waals surface area contributed by atoms with Gasteiger partial charge in [-0.25, -0.2) is 19.9 Å². The Morgan fingerprint density at radius 1 is 1.10 bits per heavy atom. The third kappa shape index (κ3) is 3.61. The highest BCUT2D eigenvalue weighted by Gasteiger charge is 2.16. The zero-order valence-corrected chi connectivity index (χ0v) is 13.4. The molecule has 0 bridgehead atoms. The zero-order valence-electron chi connectivity index (χ0n) is 13.4. The first-order valence-electron chi connectivity index (χ1n) is 7.38. The van der Waals surface area contributed by atoms with Crippen LogP contribution < -0.4 is 5.32 Å². The van der Waals surface area contributed by atoms with E-state index in [1.165, 1.54) is 5.56 Å². The highest BCUT2D eigenvalue weighted by Crippen LogP contribution is 2.23. The Morgan fingerprint density at radius 2 is 1.76 bits per heavy atom. The molecule has 1 unspecified atom stereocenters. The minimum Gasteiger partial charge on any atom is -0.316 e. The normalized spacial score (nSPS) is 12.4. The summed E-state index contributed by atoms with van der Waals surface area (Å²) in [7, 11) is 0. The Hall–Kier alpha value is -1.88. The second-order valence-corrected chi connectivity index (χ2v) is 5.33. The quantitative estimate of drug-likeness (QED) is 0.914. The Labute approximate surface area is 126 Å². The van der Waals surface area contributed by atoms with Gasteiger partial charge in [0.25, 0.3) is 0 Å². The molecule has 0 aliphatic rings. The minimum atomic E-state index is 0.395. The van der Waals surface area contributed by atoms with Crippen molar-refractivity contribution < 1.29 is 0 Å². The summed E-state index contributed by atoms with van der Waals surface area (Å²) in [5.74, 6) is 1.80. The molecule has 0 amide bonds. The molecule has 0 fully saturated rings. The molecule has 0 saturated carbocycles. The third-order valence-electron chi connectivity index (χ3n) is 3.53. The smallest absolute Gasteiger partial charge is 0.178 e. The second-order valence-electron chi connectivity index (χ2n) is 5.33. The van der Waals surface area contributed by atoms with Crippen LogP contribution in [-0.2, 0) is 0 Å². The van der Waals surface area contributed by atoms with E-state index >= 15 is 0 Å². The number of aromatic nitrogens is 4. The average molecular weight is 285 g/mol. The maximum atomic E-state index is 4.65. The molecular formula is C16H23N5. The summed E-state index contributed by atoms with van der Waals surface area (Å²) < 4.78 is 0. The van der Waals surface area contributed by atoms with Crippen LogP contribution >= 0.6 is 0 Å². The van der Waals surface area contributed by atoms with Crippen LogP contribution in [0.1, 0.15) is 42.5 Å². The summed E-state index contributed by atoms with van der Waals surface area (Å²) in [5, 5.41) is 3.38. The predicted octanol–water partition coefficient (Wildman–Crippen LogP) is 2.57. The van der Waals surface area contributed by atoms with Crippen LogP contribution in [0.3, 0.4) is 0 Å². The minimum absolute atomic E-state index is 0.395. The third-order valence-corrected chi connectivity index (χ3v) is 3.53. The summed E-state index contributed by atoms with van der Waals surface area (Å²) in [5.41, 5.74) is 4.06. The Kier molecular flexibility index (Phi) is 4.96. The highest BCUT2D eigenvalue weighted by atomic mass is 15.0. The summed E-state index contributed by atoms with van der Waals surface area (Å²) in [6, 6.07) is 1.85. The molecule has 2 aromatic heterocycles. The maximum Gasteiger partial charge on any atom is 0.178 e. The largest absolute Gasteiger partial charge is 0.316 e. The summed E-state index contributed by atoms with van der Waals surface area (Å²) >= 11 is 0. The van der Waals surface area contributed by atoms with Crippen molar-refractivity contribution in [3.05, 3.63) is 35.0 Å². The topological polar surface area (TPSA) is 63.6 Å². The van der Waals surface area contributed by atoms with Gasteiger partial charge in [-0.15, -0.1) is 0 Å². The second kappa shape index (κ2) is 6.72. The van der Waals surface area contributed by atoms with E-state index in [4.69, 9.17) is 0 Å². The van der Waals surface area contributed by atoms with Crippen molar-refractivity contribution in [1.82, 2.24) is 25.3 Å². The lowest BCUT2D eigenvalue weighted by molar-refractivity contribution is 0.624. The van der Waals surface area contributed by atoms with Gasteiger partial charge in [0.2, 0.25) is 0 Å². The molecule has 0 spiro atoms. The van der Waals surface area contributed by atoms with E-state index in [-0.39, 0.29) is 0 Å². The summed E-state index contributed by atoms with van der Waals surface area (Å²) in [4.78, 5) is 17.8. The zero-order chi connectivity index (χ0) is 15.4. The van der Waals surface area contributed by atoms with Gasteiger partial charge in [-0.1, -0.05) is 13.8 Å². The first kappa shape index (κ1) is 15.5. The molecule has 1 atom stereocenters. The van der Waals surface area contributed by atoms with Crippen molar-refractivity contribution in [2.75, 3.05) is 13.1 Å². The Bertz CT molecular complexity index is 601. The molecule has 0 radical (unpaired) electrons. The number of hydrogen-bond donors (Lipinski definition) is 1. The van der Waals surface area contributed by atoms with Crippen LogP contribution in [0.5, 0.6) is 0 Å². The average Bonchev–Trinajstić information content (AvgIpc) is 2.44. The highest BCUT2D eigenvalue weighted by molar-refractivity contribution is 5.50. The van der Waals surface area contributed by atoms with Crippen molar-refractivity contribution in [1.29, 1.82) is 0 Å². The van der Waals surface area contributed by atoms with Gasteiger partial charge in [-0.3, -0.25) is 0 Å². The predicted molar refractivity (Wildman–Crippen MR) is 84.2 cm³/mol. The van der Waals surface area contributed by atoms with Crippen LogP contribution in [0.2, 0.25) is 0 Å². The fraction of sp³-hybridized carbons (Fsp3) is 0.500. The standard InChI is InChI=1S/C16H23N5/c1-6-17-9-10(2)15-11(3)19-16(20-12(15)4)14-7-8-18-13(5)21-14/h7-8,10,17H,6,9H2,1-5H3. The molecule has 5 heteroatoms. The van der Waals surface area contributed by atoms with E-state index in [9.17, 15) is 0 Å². The van der Waals surface area contributed by atoms with Crippen molar-refractivity contribution in [3.63, 3.8) is 0 Å². The number of nitrogens with zero attached hydrogens (tertiary/aromatic N) is 4. The van der Waals surface area contributed by atoms with Gasteiger partial charge in [-0.2, -0.15) is 0 Å². The van der Waals surface area contributed by atoms with Crippen LogP contribution in [-0.4, -0.2) is 33.0 Å². The van der Waals surface area contributed by atoms with Crippen molar-refractivity contribution in [2.45, 2.75) is 40.5 Å². The molecule has 0 aromatic carbocycles. The number of likely N-dealkylation sites (N-methyl/N-ethyl adjacent to an activating group) is 1. The number of aryl methyl sites for hydroxylation is 3. The van der Waals surface area contributed by atoms with Crippen molar-refractivity contribution in [2.24, 2.45) is 0 Å². The van der Waals surface area contributed by atoms with Crippen molar-refractivity contribution >= 4 is 0 Å². The van der Waals surface area contributed by atoms with Gasteiger partial charge >= 0.3 is 0 Å². The van der Waals surface area contributed by atoms with E-state index in [2.05, 4.69) is 39.1 Å². The van der Waals surface area contributed by atoms with E-state index in [0.29, 0.717) is 11.7 Å². The SMILES string of the molecule is CCNCC(C)c1c(C)nc(-c2ccnc(C)n2)nc1C. The first-order valence-corrected chi connectivity index (χ1v) is 7.38. The van der Waals surface area contributed by atoms with Gasteiger partial charge in [-0.05, 0) is 44.9 Å². The van der Waals surface area contributed by atoms with E-state index in [1.54, 1.807) is 6.20 Å². The molecule has 0 aliphatic carbocycles. The van der Waals surface area contributed by atoms with Crippen LogP contribution in [0.25, 0.3) is 11.5 Å². The van der Waals surface area contributed by atoms with Gasteiger partial charge < -0.3 is 5.32 Å². The summed E-state index contributed by atoms with van der Waals surface area (Å²) in [6.45, 7) is 12.2. The Morgan fingerprint density at radius 3 is 2.33 bits per heavy atom. The van der Waals surface area contributed by atoms with Gasteiger partial charge in [0, 0.05) is 24.1 Å². The van der Waals surface area contributed by atoms with E-state index < -0.39 is 0 Å². The van der Waals surface area contributed by atoms with Crippen LogP contribution in [0.15, 0.2) is 12.3 Å². The molecule has 112 valence electrons. The molecule has 1 N–H and O–H groups in total. The van der Waals surface area contributed by atoms with Gasteiger partial charge in [0.15, 0.2) is 5.82 Å². The first-order chi connectivity index (χ1) is 10.0. The maximum absolute atomic E-state index is 4.65. The fourth-order valence-electron chi connectivity index (χ4n) is 2.60. The van der Waals surface area contributed by atoms with Gasteiger partial charge in [0.05, 0.1) is 0 Å². The number of nitrogens with one attached hydrogen (secondary N) is 1. The lowest BCUT2D eigenvalue weighted by atomic mass is 9.98. The van der Waals surface area contributed by atoms with Crippen LogP contribution in [0, 0.1) is 20.8 Å². The number of rotatable bonds is 5. The molecule has 2 rings (SSSR count). The molecule has 21 heavy (non-hydrogen) atoms.